The highest BCUT2D eigenvalue weighted by atomic mass is 32.1. The van der Waals surface area contributed by atoms with Crippen LogP contribution in [0.1, 0.15) is 57.8 Å². The van der Waals surface area contributed by atoms with E-state index < -0.39 is 0 Å². The summed E-state index contributed by atoms with van der Waals surface area (Å²) in [5, 5.41) is 4.92. The van der Waals surface area contributed by atoms with Crippen LogP contribution in [0.4, 0.5) is 5.13 Å². The number of aromatic nitrogens is 1. The molecule has 1 saturated carbocycles. The molecule has 2 rings (SSSR count). The molecule has 3 nitrogen and oxygen atoms in total. The summed E-state index contributed by atoms with van der Waals surface area (Å²) in [5.41, 5.74) is 0.345. The van der Waals surface area contributed by atoms with Gasteiger partial charge in [0.15, 0.2) is 5.13 Å². The highest BCUT2D eigenvalue weighted by Gasteiger charge is 2.25. The van der Waals surface area contributed by atoms with Crippen LogP contribution >= 0.6 is 11.3 Å². The summed E-state index contributed by atoms with van der Waals surface area (Å²) >= 11 is 1.83. The zero-order valence-electron chi connectivity index (χ0n) is 12.5. The fourth-order valence-corrected chi connectivity index (χ4v) is 3.81. The maximum atomic E-state index is 4.55. The monoisotopic (exact) mass is 281 g/mol. The van der Waals surface area contributed by atoms with Crippen molar-refractivity contribution in [2.45, 2.75) is 65.0 Å². The van der Waals surface area contributed by atoms with Crippen molar-refractivity contribution in [2.75, 3.05) is 18.0 Å². The first-order valence-electron chi connectivity index (χ1n) is 7.61. The lowest BCUT2D eigenvalue weighted by Gasteiger charge is -2.34. The molecule has 0 aliphatic heterocycles. The Labute approximate surface area is 121 Å². The van der Waals surface area contributed by atoms with Crippen LogP contribution in [-0.2, 0) is 6.54 Å². The molecule has 0 saturated heterocycles. The third-order valence-electron chi connectivity index (χ3n) is 4.22. The van der Waals surface area contributed by atoms with Crippen LogP contribution in [0.15, 0.2) is 6.20 Å². The molecule has 1 heterocycles. The zero-order valence-corrected chi connectivity index (χ0v) is 13.4. The minimum Gasteiger partial charge on any atom is -0.349 e. The SMILES string of the molecule is CCN(CC)c1ncc(CNC2(C)CCCCC2)s1. The maximum absolute atomic E-state index is 4.55. The fourth-order valence-electron chi connectivity index (χ4n) is 2.83. The largest absolute Gasteiger partial charge is 0.349 e. The summed E-state index contributed by atoms with van der Waals surface area (Å²) in [6.45, 7) is 9.79. The zero-order chi connectivity index (χ0) is 13.7. The van der Waals surface area contributed by atoms with Crippen LogP contribution in [0.2, 0.25) is 0 Å². The molecule has 1 aliphatic rings. The molecule has 0 radical (unpaired) electrons. The van der Waals surface area contributed by atoms with Crippen LogP contribution < -0.4 is 10.2 Å². The van der Waals surface area contributed by atoms with Gasteiger partial charge in [0, 0.05) is 36.2 Å². The van der Waals surface area contributed by atoms with Gasteiger partial charge < -0.3 is 10.2 Å². The Balaban J connectivity index is 1.89. The summed E-state index contributed by atoms with van der Waals surface area (Å²) in [5.74, 6) is 0. The average molecular weight is 281 g/mol. The Kier molecular flexibility index (Phi) is 5.22. The molecule has 0 unspecified atom stereocenters. The summed E-state index contributed by atoms with van der Waals surface area (Å²) in [7, 11) is 0. The summed E-state index contributed by atoms with van der Waals surface area (Å²) in [6, 6.07) is 0. The number of anilines is 1. The number of rotatable bonds is 6. The minimum absolute atomic E-state index is 0.345. The molecular formula is C15H27N3S. The summed E-state index contributed by atoms with van der Waals surface area (Å²) in [6.07, 6.45) is 8.82. The Bertz CT molecular complexity index is 378. The average Bonchev–Trinajstić information content (AvgIpc) is 2.88. The van der Waals surface area contributed by atoms with E-state index in [-0.39, 0.29) is 0 Å². The lowest BCUT2D eigenvalue weighted by Crippen LogP contribution is -2.43. The van der Waals surface area contributed by atoms with Gasteiger partial charge in [-0.2, -0.15) is 0 Å². The van der Waals surface area contributed by atoms with Gasteiger partial charge in [-0.1, -0.05) is 19.3 Å². The van der Waals surface area contributed by atoms with Gasteiger partial charge in [-0.25, -0.2) is 4.98 Å². The van der Waals surface area contributed by atoms with Crippen LogP contribution in [0, 0.1) is 0 Å². The lowest BCUT2D eigenvalue weighted by atomic mass is 9.83. The van der Waals surface area contributed by atoms with Crippen molar-refractivity contribution in [3.05, 3.63) is 11.1 Å². The van der Waals surface area contributed by atoms with Crippen molar-refractivity contribution in [1.29, 1.82) is 0 Å². The van der Waals surface area contributed by atoms with Crippen molar-refractivity contribution in [2.24, 2.45) is 0 Å². The van der Waals surface area contributed by atoms with Gasteiger partial charge in [0.05, 0.1) is 0 Å². The van der Waals surface area contributed by atoms with Crippen LogP contribution in [0.3, 0.4) is 0 Å². The smallest absolute Gasteiger partial charge is 0.185 e. The second-order valence-corrected chi connectivity index (χ2v) is 6.85. The molecule has 1 fully saturated rings. The van der Waals surface area contributed by atoms with Crippen LogP contribution in [0.5, 0.6) is 0 Å². The van der Waals surface area contributed by atoms with Crippen molar-refractivity contribution in [3.8, 4) is 0 Å². The van der Waals surface area contributed by atoms with Gasteiger partial charge in [-0.15, -0.1) is 11.3 Å². The second kappa shape index (κ2) is 6.71. The van der Waals surface area contributed by atoms with E-state index in [2.05, 4.69) is 36.0 Å². The Hall–Kier alpha value is -0.610. The molecular weight excluding hydrogens is 254 g/mol. The Morgan fingerprint density at radius 1 is 1.26 bits per heavy atom. The molecule has 0 spiro atoms. The van der Waals surface area contributed by atoms with Crippen LogP contribution in [0.25, 0.3) is 0 Å². The number of hydrogen-bond acceptors (Lipinski definition) is 4. The van der Waals surface area contributed by atoms with Gasteiger partial charge in [0.25, 0.3) is 0 Å². The number of nitrogens with one attached hydrogen (secondary N) is 1. The molecule has 19 heavy (non-hydrogen) atoms. The summed E-state index contributed by atoms with van der Waals surface area (Å²) < 4.78 is 0. The van der Waals surface area contributed by atoms with Crippen molar-refractivity contribution < 1.29 is 0 Å². The van der Waals surface area contributed by atoms with Gasteiger partial charge in [-0.3, -0.25) is 0 Å². The first-order chi connectivity index (χ1) is 9.17. The summed E-state index contributed by atoms with van der Waals surface area (Å²) in [4.78, 5) is 8.22. The Morgan fingerprint density at radius 2 is 1.95 bits per heavy atom. The maximum Gasteiger partial charge on any atom is 0.185 e. The number of thiazole rings is 1. The topological polar surface area (TPSA) is 28.2 Å². The predicted molar refractivity (Wildman–Crippen MR) is 84.0 cm³/mol. The minimum atomic E-state index is 0.345. The molecule has 1 aromatic heterocycles. The van der Waals surface area contributed by atoms with E-state index in [9.17, 15) is 0 Å². The van der Waals surface area contributed by atoms with Crippen molar-refractivity contribution in [1.82, 2.24) is 10.3 Å². The molecule has 0 atom stereocenters. The van der Waals surface area contributed by atoms with E-state index in [4.69, 9.17) is 0 Å². The van der Waals surface area contributed by atoms with E-state index in [1.54, 1.807) is 0 Å². The third kappa shape index (κ3) is 3.93. The quantitative estimate of drug-likeness (QED) is 0.859. The van der Waals surface area contributed by atoms with E-state index in [0.29, 0.717) is 5.54 Å². The van der Waals surface area contributed by atoms with Crippen molar-refractivity contribution in [3.63, 3.8) is 0 Å². The standard InChI is InChI=1S/C15H27N3S/c1-4-18(5-2)14-16-11-13(19-14)12-17-15(3)9-7-6-8-10-15/h11,17H,4-10,12H2,1-3H3. The normalized spacial score (nSPS) is 18.5. The van der Waals surface area contributed by atoms with Gasteiger partial charge in [0.1, 0.15) is 0 Å². The van der Waals surface area contributed by atoms with E-state index in [1.807, 2.05) is 17.5 Å². The molecule has 1 aromatic rings. The lowest BCUT2D eigenvalue weighted by molar-refractivity contribution is 0.253. The number of hydrogen-bond donors (Lipinski definition) is 1. The molecule has 1 N–H and O–H groups in total. The third-order valence-corrected chi connectivity index (χ3v) is 5.28. The van der Waals surface area contributed by atoms with Crippen LogP contribution in [-0.4, -0.2) is 23.6 Å². The van der Waals surface area contributed by atoms with Gasteiger partial charge in [-0.05, 0) is 33.6 Å². The fraction of sp³-hybridized carbons (Fsp3) is 0.800. The molecule has 108 valence electrons. The molecule has 0 amide bonds. The molecule has 0 aromatic carbocycles. The number of nitrogens with zero attached hydrogens (tertiary/aromatic N) is 2. The molecule has 4 heteroatoms. The van der Waals surface area contributed by atoms with Gasteiger partial charge in [0.2, 0.25) is 0 Å². The first-order valence-corrected chi connectivity index (χ1v) is 8.43. The highest BCUT2D eigenvalue weighted by Crippen LogP contribution is 2.29. The van der Waals surface area contributed by atoms with E-state index >= 15 is 0 Å². The second-order valence-electron chi connectivity index (χ2n) is 5.76. The predicted octanol–water partition coefficient (Wildman–Crippen LogP) is 3.80. The Morgan fingerprint density at radius 3 is 2.58 bits per heavy atom. The first kappa shape index (κ1) is 14.8. The highest BCUT2D eigenvalue weighted by molar-refractivity contribution is 7.15. The van der Waals surface area contributed by atoms with Crippen molar-refractivity contribution >= 4 is 16.5 Å². The molecule has 0 bridgehead atoms. The molecule has 1 aliphatic carbocycles. The van der Waals surface area contributed by atoms with Gasteiger partial charge >= 0.3 is 0 Å². The van der Waals surface area contributed by atoms with E-state index in [1.165, 1.54) is 37.0 Å². The van der Waals surface area contributed by atoms with E-state index in [0.717, 1.165) is 24.8 Å².